The third kappa shape index (κ3) is 7.06. The molecule has 0 radical (unpaired) electrons. The average Bonchev–Trinajstić information content (AvgIpc) is 2.09. The summed E-state index contributed by atoms with van der Waals surface area (Å²) in [6.07, 6.45) is 9.60. The van der Waals surface area contributed by atoms with Crippen LogP contribution in [-0.4, -0.2) is 12.6 Å². The molecule has 13 heavy (non-hydrogen) atoms. The van der Waals surface area contributed by atoms with Crippen LogP contribution in [0.5, 0.6) is 0 Å². The molecule has 0 amide bonds. The maximum absolute atomic E-state index is 10.5. The van der Waals surface area contributed by atoms with Crippen molar-refractivity contribution in [2.45, 2.75) is 20.8 Å². The van der Waals surface area contributed by atoms with Gasteiger partial charge in [-0.15, -0.1) is 0 Å². The van der Waals surface area contributed by atoms with E-state index in [0.717, 1.165) is 5.57 Å². The number of carbonyl (C=O) groups excluding carboxylic acids is 1. The molecule has 72 valence electrons. The van der Waals surface area contributed by atoms with Crippen molar-refractivity contribution in [1.82, 2.24) is 0 Å². The number of allylic oxidation sites excluding steroid dienone is 4. The molecule has 0 saturated carbocycles. The second kappa shape index (κ2) is 7.35. The van der Waals surface area contributed by atoms with Gasteiger partial charge in [0, 0.05) is 6.92 Å². The molecule has 0 heterocycles. The topological polar surface area (TPSA) is 26.3 Å². The van der Waals surface area contributed by atoms with Crippen molar-refractivity contribution in [1.29, 1.82) is 0 Å². The highest BCUT2D eigenvalue weighted by molar-refractivity contribution is 5.66. The van der Waals surface area contributed by atoms with Crippen LogP contribution in [0.25, 0.3) is 0 Å². The van der Waals surface area contributed by atoms with Crippen molar-refractivity contribution in [3.8, 4) is 0 Å². The van der Waals surface area contributed by atoms with Gasteiger partial charge in [-0.1, -0.05) is 30.4 Å². The van der Waals surface area contributed by atoms with Gasteiger partial charge in [0.1, 0.15) is 6.61 Å². The van der Waals surface area contributed by atoms with Crippen molar-refractivity contribution in [2.75, 3.05) is 6.61 Å². The molecule has 0 N–H and O–H groups in total. The average molecular weight is 180 g/mol. The van der Waals surface area contributed by atoms with Gasteiger partial charge in [-0.05, 0) is 19.4 Å². The van der Waals surface area contributed by atoms with E-state index in [1.807, 2.05) is 44.2 Å². The molecule has 0 aliphatic rings. The van der Waals surface area contributed by atoms with Gasteiger partial charge in [0.05, 0.1) is 0 Å². The van der Waals surface area contributed by atoms with Crippen molar-refractivity contribution in [3.63, 3.8) is 0 Å². The van der Waals surface area contributed by atoms with E-state index in [4.69, 9.17) is 4.74 Å². The summed E-state index contributed by atoms with van der Waals surface area (Å²) < 4.78 is 4.86. The normalized spacial score (nSPS) is 12.7. The zero-order chi connectivity index (χ0) is 10.1. The minimum absolute atomic E-state index is 0.254. The second-order valence-corrected chi connectivity index (χ2v) is 2.55. The maximum Gasteiger partial charge on any atom is 0.302 e. The third-order valence-corrected chi connectivity index (χ3v) is 1.33. The molecule has 0 rings (SSSR count). The minimum atomic E-state index is -0.254. The zero-order valence-corrected chi connectivity index (χ0v) is 8.41. The van der Waals surface area contributed by atoms with Crippen LogP contribution in [0.2, 0.25) is 0 Å². The van der Waals surface area contributed by atoms with Gasteiger partial charge in [0.25, 0.3) is 0 Å². The first-order valence-corrected chi connectivity index (χ1v) is 4.28. The summed E-state index contributed by atoms with van der Waals surface area (Å²) in [5, 5.41) is 0. The van der Waals surface area contributed by atoms with Gasteiger partial charge in [-0.3, -0.25) is 4.79 Å². The van der Waals surface area contributed by atoms with E-state index in [1.54, 1.807) is 0 Å². The lowest BCUT2D eigenvalue weighted by atomic mass is 10.2. The fraction of sp³-hybridized carbons (Fsp3) is 0.364. The van der Waals surface area contributed by atoms with Crippen molar-refractivity contribution in [2.24, 2.45) is 0 Å². The summed E-state index contributed by atoms with van der Waals surface area (Å²) >= 11 is 0. The van der Waals surface area contributed by atoms with E-state index < -0.39 is 0 Å². The van der Waals surface area contributed by atoms with E-state index in [1.165, 1.54) is 6.92 Å². The third-order valence-electron chi connectivity index (χ3n) is 1.33. The predicted octanol–water partition coefficient (Wildman–Crippen LogP) is 2.63. The molecule has 0 spiro atoms. The Kier molecular flexibility index (Phi) is 6.60. The first-order valence-electron chi connectivity index (χ1n) is 4.28. The molecule has 0 aromatic carbocycles. The summed E-state index contributed by atoms with van der Waals surface area (Å²) in [6.45, 7) is 5.61. The first kappa shape index (κ1) is 11.7. The predicted molar refractivity (Wildman–Crippen MR) is 54.3 cm³/mol. The summed E-state index contributed by atoms with van der Waals surface area (Å²) in [7, 11) is 0. The Bertz CT molecular complexity index is 234. The van der Waals surface area contributed by atoms with Crippen LogP contribution in [0.1, 0.15) is 20.8 Å². The number of carbonyl (C=O) groups is 1. The lowest BCUT2D eigenvalue weighted by molar-refractivity contribution is -0.139. The monoisotopic (exact) mass is 180 g/mol. The molecule has 0 unspecified atom stereocenters. The van der Waals surface area contributed by atoms with Gasteiger partial charge >= 0.3 is 5.97 Å². The van der Waals surface area contributed by atoms with Gasteiger partial charge in [-0.25, -0.2) is 0 Å². The van der Waals surface area contributed by atoms with Gasteiger partial charge in [0.2, 0.25) is 0 Å². The molecule has 0 aliphatic heterocycles. The molecule has 2 nitrogen and oxygen atoms in total. The van der Waals surface area contributed by atoms with E-state index in [-0.39, 0.29) is 5.97 Å². The molecule has 0 aromatic heterocycles. The molecule has 2 heteroatoms. The fourth-order valence-electron chi connectivity index (χ4n) is 0.771. The zero-order valence-electron chi connectivity index (χ0n) is 8.41. The molecule has 0 fully saturated rings. The number of hydrogen-bond donors (Lipinski definition) is 0. The largest absolute Gasteiger partial charge is 0.461 e. The number of ether oxygens (including phenoxy) is 1. The molecular formula is C11H16O2. The van der Waals surface area contributed by atoms with Crippen LogP contribution in [0, 0.1) is 0 Å². The van der Waals surface area contributed by atoms with E-state index in [0.29, 0.717) is 6.61 Å². The summed E-state index contributed by atoms with van der Waals surface area (Å²) in [4.78, 5) is 10.5. The molecule has 0 aliphatic carbocycles. The summed E-state index contributed by atoms with van der Waals surface area (Å²) in [5.41, 5.74) is 0.982. The smallest absolute Gasteiger partial charge is 0.302 e. The van der Waals surface area contributed by atoms with E-state index in [2.05, 4.69) is 0 Å². The highest BCUT2D eigenvalue weighted by atomic mass is 16.5. The maximum atomic E-state index is 10.5. The first-order chi connectivity index (χ1) is 6.20. The Morgan fingerprint density at radius 3 is 2.46 bits per heavy atom. The molecule has 0 aromatic rings. The van der Waals surface area contributed by atoms with Gasteiger partial charge in [0.15, 0.2) is 0 Å². The lowest BCUT2D eigenvalue weighted by Gasteiger charge is -2.01. The Morgan fingerprint density at radius 2 is 2.00 bits per heavy atom. The Labute approximate surface area is 79.6 Å². The van der Waals surface area contributed by atoms with Crippen LogP contribution in [0.3, 0.4) is 0 Å². The highest BCUT2D eigenvalue weighted by Crippen LogP contribution is 1.99. The number of hydrogen-bond acceptors (Lipinski definition) is 2. The fourth-order valence-corrected chi connectivity index (χ4v) is 0.771. The molecule has 0 bridgehead atoms. The molecule has 0 saturated heterocycles. The van der Waals surface area contributed by atoms with Gasteiger partial charge in [-0.2, -0.15) is 0 Å². The van der Waals surface area contributed by atoms with E-state index >= 15 is 0 Å². The second-order valence-electron chi connectivity index (χ2n) is 2.55. The Morgan fingerprint density at radius 1 is 1.31 bits per heavy atom. The SMILES string of the molecule is C\C=C/C=C(\C=C/C)COC(C)=O. The minimum Gasteiger partial charge on any atom is -0.461 e. The van der Waals surface area contributed by atoms with Crippen LogP contribution < -0.4 is 0 Å². The number of rotatable bonds is 4. The standard InChI is InChI=1S/C11H16O2/c1-4-6-8-11(7-5-2)9-13-10(3)12/h4-8H,9H2,1-3H3/b6-4-,7-5-,11-8+. The van der Waals surface area contributed by atoms with Crippen LogP contribution in [-0.2, 0) is 9.53 Å². The van der Waals surface area contributed by atoms with Crippen LogP contribution in [0.15, 0.2) is 36.0 Å². The van der Waals surface area contributed by atoms with Crippen molar-refractivity contribution < 1.29 is 9.53 Å². The van der Waals surface area contributed by atoms with Crippen LogP contribution >= 0.6 is 0 Å². The van der Waals surface area contributed by atoms with Crippen molar-refractivity contribution in [3.05, 3.63) is 36.0 Å². The Hall–Kier alpha value is -1.31. The molecular weight excluding hydrogens is 164 g/mol. The van der Waals surface area contributed by atoms with E-state index in [9.17, 15) is 4.79 Å². The highest BCUT2D eigenvalue weighted by Gasteiger charge is 1.94. The van der Waals surface area contributed by atoms with Crippen LogP contribution in [0.4, 0.5) is 0 Å². The van der Waals surface area contributed by atoms with Gasteiger partial charge < -0.3 is 4.74 Å². The molecule has 0 atom stereocenters. The lowest BCUT2D eigenvalue weighted by Crippen LogP contribution is -2.01. The summed E-state index contributed by atoms with van der Waals surface area (Å²) in [5.74, 6) is -0.254. The Balaban J connectivity index is 4.17. The number of esters is 1. The summed E-state index contributed by atoms with van der Waals surface area (Å²) in [6, 6.07) is 0. The van der Waals surface area contributed by atoms with Crippen molar-refractivity contribution >= 4 is 5.97 Å². The quantitative estimate of drug-likeness (QED) is 0.491.